The smallest absolute Gasteiger partial charge is 0.274 e. The van der Waals surface area contributed by atoms with Crippen molar-refractivity contribution in [1.29, 1.82) is 0 Å². The number of aromatic nitrogens is 5. The summed E-state index contributed by atoms with van der Waals surface area (Å²) in [6.07, 6.45) is 6.47. The van der Waals surface area contributed by atoms with Gasteiger partial charge in [-0.05, 0) is 57.2 Å². The number of hydrogen-bond donors (Lipinski definition) is 3. The van der Waals surface area contributed by atoms with Crippen molar-refractivity contribution >= 4 is 40.6 Å². The Bertz CT molecular complexity index is 2140. The first-order valence-corrected chi connectivity index (χ1v) is 19.5. The number of ether oxygens (including phenoxy) is 1. The van der Waals surface area contributed by atoms with E-state index >= 15 is 0 Å². The number of rotatable bonds is 11. The number of pyridine rings is 1. The van der Waals surface area contributed by atoms with Crippen molar-refractivity contribution in [3.05, 3.63) is 71.4 Å². The summed E-state index contributed by atoms with van der Waals surface area (Å²) in [5.41, 5.74) is 7.14. The molecule has 4 aromatic rings. The van der Waals surface area contributed by atoms with Gasteiger partial charge in [-0.3, -0.25) is 24.0 Å². The molecule has 2 saturated heterocycles. The second kappa shape index (κ2) is 14.3. The molecule has 15 heteroatoms. The molecule has 2 atom stereocenters. The molecular formula is C40H47N11O4. The van der Waals surface area contributed by atoms with E-state index in [9.17, 15) is 14.4 Å². The predicted octanol–water partition coefficient (Wildman–Crippen LogP) is 4.54. The van der Waals surface area contributed by atoms with Crippen LogP contribution in [0.25, 0.3) is 11.1 Å². The number of anilines is 4. The first-order chi connectivity index (χ1) is 26.7. The fourth-order valence-electron chi connectivity index (χ4n) is 8.08. The van der Waals surface area contributed by atoms with Crippen LogP contribution >= 0.6 is 0 Å². The highest BCUT2D eigenvalue weighted by Crippen LogP contribution is 2.50. The molecule has 1 aromatic carbocycles. The Labute approximate surface area is 319 Å². The number of nitrogens with one attached hydrogen (secondary N) is 3. The maximum Gasteiger partial charge on any atom is 0.274 e. The Kier molecular flexibility index (Phi) is 9.21. The number of hydrogen-bond acceptors (Lipinski definition) is 11. The zero-order valence-electron chi connectivity index (χ0n) is 31.5. The van der Waals surface area contributed by atoms with E-state index < -0.39 is 0 Å². The molecule has 9 rings (SSSR count). The minimum Gasteiger partial charge on any atom is -0.377 e. The standard InChI is InChI=1S/C40H47N11O4/c1-4-33-37-29(18-41-51(37)27-20-49(21-27)19-26-7-5-10-31(42-26)40(54)50-15-16-55-22-23(50)2)28-8-6-9-30(36(28)48(33)3)44-32-17-34(45-38(52)24-11-12-24)46-47-35(32)39(53)43-25-13-14-25/h5-10,17-18,23-25,27,33H,4,11-16,19-22H2,1-3H3,(H,43,53)(H2,44,45,46,52). The van der Waals surface area contributed by atoms with Crippen molar-refractivity contribution in [3.63, 3.8) is 0 Å². The third-order valence-electron chi connectivity index (χ3n) is 11.4. The summed E-state index contributed by atoms with van der Waals surface area (Å²) in [5.74, 6) is -0.0984. The summed E-state index contributed by atoms with van der Waals surface area (Å²) in [5, 5.41) is 22.9. The first-order valence-electron chi connectivity index (χ1n) is 19.5. The molecular weight excluding hydrogens is 699 g/mol. The second-order valence-electron chi connectivity index (χ2n) is 15.5. The number of carbonyl (C=O) groups excluding carboxylic acids is 3. The van der Waals surface area contributed by atoms with Gasteiger partial charge in [0.2, 0.25) is 5.91 Å². The monoisotopic (exact) mass is 745 g/mol. The van der Waals surface area contributed by atoms with Gasteiger partial charge in [-0.15, -0.1) is 10.2 Å². The Hall–Kier alpha value is -5.41. The van der Waals surface area contributed by atoms with Gasteiger partial charge in [0, 0.05) is 62.4 Å². The van der Waals surface area contributed by atoms with Crippen molar-refractivity contribution < 1.29 is 19.1 Å². The van der Waals surface area contributed by atoms with E-state index in [1.165, 1.54) is 5.69 Å². The van der Waals surface area contributed by atoms with E-state index in [0.29, 0.717) is 43.5 Å². The SMILES string of the molecule is CCC1c2c(cnn2C2CN(Cc3cccc(C(=O)N4CCOCC4C)n3)C2)-c2cccc(Nc3cc(NC(=O)C4CC4)nnc3C(=O)NC3CC3)c2N1C. The number of nitrogens with zero attached hydrogens (tertiary/aromatic N) is 8. The van der Waals surface area contributed by atoms with Gasteiger partial charge in [-0.1, -0.05) is 25.1 Å². The van der Waals surface area contributed by atoms with Crippen molar-refractivity contribution in [2.24, 2.45) is 5.92 Å². The number of para-hydroxylation sites is 1. The minimum absolute atomic E-state index is 0.00537. The highest BCUT2D eigenvalue weighted by Gasteiger charge is 2.39. The minimum atomic E-state index is -0.292. The van der Waals surface area contributed by atoms with Crippen molar-refractivity contribution in [3.8, 4) is 11.1 Å². The Morgan fingerprint density at radius 3 is 2.56 bits per heavy atom. The van der Waals surface area contributed by atoms with Crippen LogP contribution in [0.2, 0.25) is 0 Å². The van der Waals surface area contributed by atoms with Crippen LogP contribution in [-0.2, 0) is 16.1 Å². The van der Waals surface area contributed by atoms with Crippen molar-refractivity contribution in [2.75, 3.05) is 55.4 Å². The molecule has 55 heavy (non-hydrogen) atoms. The summed E-state index contributed by atoms with van der Waals surface area (Å²) in [6.45, 7) is 8.17. The highest BCUT2D eigenvalue weighted by molar-refractivity contribution is 6.01. The fraction of sp³-hybridized carbons (Fsp3) is 0.475. The lowest BCUT2D eigenvalue weighted by atomic mass is 9.91. The van der Waals surface area contributed by atoms with Crippen LogP contribution in [-0.4, -0.2) is 104 Å². The molecule has 286 valence electrons. The molecule has 15 nitrogen and oxygen atoms in total. The normalized spacial score (nSPS) is 21.0. The summed E-state index contributed by atoms with van der Waals surface area (Å²) < 4.78 is 7.72. The predicted molar refractivity (Wildman–Crippen MR) is 206 cm³/mol. The van der Waals surface area contributed by atoms with E-state index in [2.05, 4.69) is 60.7 Å². The molecule has 3 aliphatic heterocycles. The summed E-state index contributed by atoms with van der Waals surface area (Å²) in [6, 6.07) is 14.0. The average Bonchev–Trinajstić information content (AvgIpc) is 4.12. The quantitative estimate of drug-likeness (QED) is 0.198. The molecule has 2 aliphatic carbocycles. The topological polar surface area (TPSA) is 163 Å². The number of amides is 3. The number of morpholine rings is 1. The van der Waals surface area contributed by atoms with Crippen LogP contribution in [0, 0.1) is 5.92 Å². The van der Waals surface area contributed by atoms with Crippen LogP contribution in [0.4, 0.5) is 22.9 Å². The van der Waals surface area contributed by atoms with E-state index in [0.717, 1.165) is 73.4 Å². The number of likely N-dealkylation sites (tertiary alicyclic amines) is 1. The fourth-order valence-corrected chi connectivity index (χ4v) is 8.08. The van der Waals surface area contributed by atoms with E-state index in [1.807, 2.05) is 42.3 Å². The number of carbonyl (C=O) groups is 3. The van der Waals surface area contributed by atoms with Crippen LogP contribution < -0.4 is 20.9 Å². The van der Waals surface area contributed by atoms with Gasteiger partial charge in [-0.2, -0.15) is 5.10 Å². The van der Waals surface area contributed by atoms with Gasteiger partial charge >= 0.3 is 0 Å². The Morgan fingerprint density at radius 2 is 1.80 bits per heavy atom. The number of fused-ring (bicyclic) bond motifs is 3. The van der Waals surface area contributed by atoms with Gasteiger partial charge in [0.25, 0.3) is 11.8 Å². The summed E-state index contributed by atoms with van der Waals surface area (Å²) >= 11 is 0. The largest absolute Gasteiger partial charge is 0.377 e. The summed E-state index contributed by atoms with van der Waals surface area (Å²) in [7, 11) is 2.11. The van der Waals surface area contributed by atoms with E-state index in [1.54, 1.807) is 12.1 Å². The lowest BCUT2D eigenvalue weighted by Gasteiger charge is -2.43. The van der Waals surface area contributed by atoms with Gasteiger partial charge in [0.05, 0.1) is 66.0 Å². The lowest BCUT2D eigenvalue weighted by molar-refractivity contribution is -0.117. The summed E-state index contributed by atoms with van der Waals surface area (Å²) in [4.78, 5) is 50.4. The van der Waals surface area contributed by atoms with E-state index in [-0.39, 0.29) is 53.5 Å². The number of benzene rings is 1. The maximum atomic E-state index is 13.3. The molecule has 0 spiro atoms. The average molecular weight is 746 g/mol. The van der Waals surface area contributed by atoms with Gasteiger partial charge in [-0.25, -0.2) is 4.98 Å². The Balaban J connectivity index is 0.946. The molecule has 0 bridgehead atoms. The second-order valence-corrected chi connectivity index (χ2v) is 15.5. The zero-order chi connectivity index (χ0) is 37.8. The van der Waals surface area contributed by atoms with Gasteiger partial charge < -0.3 is 30.5 Å². The molecule has 3 aromatic heterocycles. The van der Waals surface area contributed by atoms with Crippen molar-refractivity contribution in [1.82, 2.24) is 40.1 Å². The lowest BCUT2D eigenvalue weighted by Crippen LogP contribution is -2.48. The van der Waals surface area contributed by atoms with Gasteiger partial charge in [0.15, 0.2) is 11.5 Å². The van der Waals surface area contributed by atoms with Crippen LogP contribution in [0.1, 0.15) is 90.4 Å². The molecule has 2 unspecified atom stereocenters. The zero-order valence-corrected chi connectivity index (χ0v) is 31.5. The van der Waals surface area contributed by atoms with Gasteiger partial charge in [0.1, 0.15) is 5.69 Å². The third kappa shape index (κ3) is 6.91. The molecule has 2 saturated carbocycles. The van der Waals surface area contributed by atoms with Crippen LogP contribution in [0.3, 0.4) is 0 Å². The molecule has 6 heterocycles. The van der Waals surface area contributed by atoms with E-state index in [4.69, 9.17) is 14.8 Å². The first kappa shape index (κ1) is 35.3. The molecule has 0 radical (unpaired) electrons. The molecule has 3 amide bonds. The van der Waals surface area contributed by atoms with Crippen molar-refractivity contribution in [2.45, 2.75) is 76.7 Å². The molecule has 3 N–H and O–H groups in total. The maximum absolute atomic E-state index is 13.3. The highest BCUT2D eigenvalue weighted by atomic mass is 16.5. The van der Waals surface area contributed by atoms with Crippen LogP contribution in [0.5, 0.6) is 0 Å². The molecule has 5 aliphatic rings. The Morgan fingerprint density at radius 1 is 0.982 bits per heavy atom. The third-order valence-corrected chi connectivity index (χ3v) is 11.4. The van der Waals surface area contributed by atoms with Crippen LogP contribution in [0.15, 0.2) is 48.7 Å². The molecule has 4 fully saturated rings.